The Balaban J connectivity index is 1.45. The maximum absolute atomic E-state index is 12.8. The molecular formula is C22H28N6O3. The number of amides is 1. The lowest BCUT2D eigenvalue weighted by Crippen LogP contribution is -2.48. The third-order valence-electron chi connectivity index (χ3n) is 5.69. The summed E-state index contributed by atoms with van der Waals surface area (Å²) in [7, 11) is 0. The Hall–Kier alpha value is -3.20. The molecule has 4 rings (SSSR count). The van der Waals surface area contributed by atoms with E-state index in [0.29, 0.717) is 42.8 Å². The van der Waals surface area contributed by atoms with Crippen molar-refractivity contribution in [3.8, 4) is 0 Å². The normalized spacial score (nSPS) is 15.0. The number of benzene rings is 1. The van der Waals surface area contributed by atoms with Gasteiger partial charge in [0.15, 0.2) is 0 Å². The summed E-state index contributed by atoms with van der Waals surface area (Å²) in [5.74, 6) is -0.0592. The molecule has 3 aromatic rings. The smallest absolute Gasteiger partial charge is 0.274 e. The monoisotopic (exact) mass is 424 g/mol. The van der Waals surface area contributed by atoms with Crippen LogP contribution in [0.2, 0.25) is 0 Å². The Morgan fingerprint density at radius 3 is 2.55 bits per heavy atom. The fraction of sp³-hybridized carbons (Fsp3) is 0.455. The molecule has 0 atom stereocenters. The summed E-state index contributed by atoms with van der Waals surface area (Å²) in [5.41, 5.74) is 2.75. The first-order valence-corrected chi connectivity index (χ1v) is 10.5. The Labute approximate surface area is 180 Å². The second-order valence-electron chi connectivity index (χ2n) is 8.86. The van der Waals surface area contributed by atoms with Crippen molar-refractivity contribution in [2.75, 3.05) is 37.7 Å². The topological polar surface area (TPSA) is 107 Å². The summed E-state index contributed by atoms with van der Waals surface area (Å²) < 4.78 is 1.41. The van der Waals surface area contributed by atoms with Gasteiger partial charge in [-0.3, -0.25) is 19.3 Å². The number of carbonyl (C=O) groups excluding carboxylic acids is 1. The number of aliphatic hydroxyl groups excluding tert-OH is 1. The van der Waals surface area contributed by atoms with Gasteiger partial charge in [-0.05, 0) is 24.3 Å². The van der Waals surface area contributed by atoms with E-state index in [0.717, 1.165) is 11.4 Å². The van der Waals surface area contributed by atoms with E-state index >= 15 is 0 Å². The summed E-state index contributed by atoms with van der Waals surface area (Å²) in [5, 5.41) is 16.8. The lowest BCUT2D eigenvalue weighted by Gasteiger charge is -2.35. The molecular weight excluding hydrogens is 396 g/mol. The number of nitrogens with one attached hydrogen (secondary N) is 1. The van der Waals surface area contributed by atoms with E-state index in [2.05, 4.69) is 40.9 Å². The molecule has 1 fully saturated rings. The first-order chi connectivity index (χ1) is 14.8. The number of aromatic nitrogens is 4. The van der Waals surface area contributed by atoms with Gasteiger partial charge in [0.2, 0.25) is 0 Å². The van der Waals surface area contributed by atoms with Crippen molar-refractivity contribution in [3.05, 3.63) is 52.3 Å². The van der Waals surface area contributed by atoms with Crippen LogP contribution in [0.15, 0.2) is 35.4 Å². The highest BCUT2D eigenvalue weighted by Crippen LogP contribution is 2.23. The molecule has 164 valence electrons. The van der Waals surface area contributed by atoms with Crippen LogP contribution in [0.3, 0.4) is 0 Å². The fourth-order valence-electron chi connectivity index (χ4n) is 3.76. The Morgan fingerprint density at radius 1 is 1.16 bits per heavy atom. The summed E-state index contributed by atoms with van der Waals surface area (Å²) in [6.45, 7) is 8.93. The Bertz CT molecular complexity index is 1150. The van der Waals surface area contributed by atoms with Gasteiger partial charge in [-0.15, -0.1) is 0 Å². The zero-order chi connectivity index (χ0) is 22.2. The van der Waals surface area contributed by atoms with Gasteiger partial charge in [0.05, 0.1) is 30.4 Å². The van der Waals surface area contributed by atoms with Gasteiger partial charge in [-0.25, -0.2) is 4.98 Å². The highest BCUT2D eigenvalue weighted by molar-refractivity contribution is 5.92. The summed E-state index contributed by atoms with van der Waals surface area (Å²) in [6, 6.07) is 7.44. The molecule has 0 aliphatic carbocycles. The largest absolute Gasteiger partial charge is 0.395 e. The maximum atomic E-state index is 12.8. The molecule has 9 nitrogen and oxygen atoms in total. The van der Waals surface area contributed by atoms with Gasteiger partial charge in [0.25, 0.3) is 11.5 Å². The van der Waals surface area contributed by atoms with E-state index in [-0.39, 0.29) is 30.0 Å². The lowest BCUT2D eigenvalue weighted by atomic mass is 9.92. The molecule has 9 heteroatoms. The standard InChI is InChI=1S/C22H28N6O3/c1-22(2,3)19-13-18(24-25-19)21(31)27-8-6-26(7-9-27)15-4-5-16-17(12-15)23-14-28(10-11-29)20(16)30/h4-5,12-14,29H,6-11H2,1-3H3,(H,24,25). The van der Waals surface area contributed by atoms with Gasteiger partial charge in [0, 0.05) is 43.0 Å². The molecule has 0 unspecified atom stereocenters. The zero-order valence-corrected chi connectivity index (χ0v) is 18.1. The van der Waals surface area contributed by atoms with Crippen molar-refractivity contribution >= 4 is 22.5 Å². The number of rotatable bonds is 4. The van der Waals surface area contributed by atoms with Crippen molar-refractivity contribution in [2.45, 2.75) is 32.7 Å². The quantitative estimate of drug-likeness (QED) is 0.655. The number of aromatic amines is 1. The fourth-order valence-corrected chi connectivity index (χ4v) is 3.76. The number of carbonyl (C=O) groups is 1. The second-order valence-corrected chi connectivity index (χ2v) is 8.86. The molecule has 2 N–H and O–H groups in total. The summed E-state index contributed by atoms with van der Waals surface area (Å²) in [4.78, 5) is 33.7. The summed E-state index contributed by atoms with van der Waals surface area (Å²) >= 11 is 0. The van der Waals surface area contributed by atoms with Gasteiger partial charge < -0.3 is 14.9 Å². The molecule has 1 aliphatic heterocycles. The first-order valence-electron chi connectivity index (χ1n) is 10.5. The van der Waals surface area contributed by atoms with Crippen LogP contribution in [-0.4, -0.2) is 68.4 Å². The molecule has 31 heavy (non-hydrogen) atoms. The minimum Gasteiger partial charge on any atom is -0.395 e. The van der Waals surface area contributed by atoms with E-state index in [1.165, 1.54) is 10.9 Å². The van der Waals surface area contributed by atoms with Gasteiger partial charge in [-0.1, -0.05) is 20.8 Å². The Morgan fingerprint density at radius 2 is 1.90 bits per heavy atom. The molecule has 0 spiro atoms. The average Bonchev–Trinajstić information content (AvgIpc) is 3.26. The van der Waals surface area contributed by atoms with E-state index < -0.39 is 0 Å². The van der Waals surface area contributed by atoms with Crippen LogP contribution in [0, 0.1) is 0 Å². The predicted octanol–water partition coefficient (Wildman–Crippen LogP) is 1.37. The first kappa shape index (κ1) is 21.0. The van der Waals surface area contributed by atoms with Crippen molar-refractivity contribution in [1.82, 2.24) is 24.6 Å². The van der Waals surface area contributed by atoms with Crippen LogP contribution in [0.25, 0.3) is 10.9 Å². The molecule has 3 heterocycles. The minimum atomic E-state index is -0.158. The van der Waals surface area contributed by atoms with Gasteiger partial charge in [-0.2, -0.15) is 5.10 Å². The average molecular weight is 425 g/mol. The van der Waals surface area contributed by atoms with Crippen LogP contribution >= 0.6 is 0 Å². The molecule has 0 radical (unpaired) electrons. The van der Waals surface area contributed by atoms with Crippen molar-refractivity contribution in [2.24, 2.45) is 0 Å². The van der Waals surface area contributed by atoms with Crippen LogP contribution in [0.5, 0.6) is 0 Å². The molecule has 1 saturated heterocycles. The molecule has 2 aromatic heterocycles. The van der Waals surface area contributed by atoms with E-state index in [1.54, 1.807) is 6.07 Å². The van der Waals surface area contributed by atoms with E-state index in [1.807, 2.05) is 23.1 Å². The lowest BCUT2D eigenvalue weighted by molar-refractivity contribution is 0.0741. The van der Waals surface area contributed by atoms with Crippen LogP contribution in [0.1, 0.15) is 37.0 Å². The summed E-state index contributed by atoms with van der Waals surface area (Å²) in [6.07, 6.45) is 1.47. The third kappa shape index (κ3) is 4.18. The van der Waals surface area contributed by atoms with Crippen molar-refractivity contribution in [3.63, 3.8) is 0 Å². The molecule has 0 saturated carbocycles. The van der Waals surface area contributed by atoms with Crippen molar-refractivity contribution < 1.29 is 9.90 Å². The molecule has 1 aliphatic rings. The number of hydrogen-bond acceptors (Lipinski definition) is 6. The number of anilines is 1. The SMILES string of the molecule is CC(C)(C)c1cc(C(=O)N2CCN(c3ccc4c(=O)n(CCO)cnc4c3)CC2)n[nH]1. The highest BCUT2D eigenvalue weighted by atomic mass is 16.3. The number of fused-ring (bicyclic) bond motifs is 1. The third-order valence-corrected chi connectivity index (χ3v) is 5.69. The Kier molecular flexibility index (Phi) is 5.53. The maximum Gasteiger partial charge on any atom is 0.274 e. The zero-order valence-electron chi connectivity index (χ0n) is 18.1. The molecule has 1 aromatic carbocycles. The number of hydrogen-bond donors (Lipinski definition) is 2. The minimum absolute atomic E-state index is 0.0592. The van der Waals surface area contributed by atoms with Crippen LogP contribution in [0.4, 0.5) is 5.69 Å². The molecule has 1 amide bonds. The number of nitrogens with zero attached hydrogens (tertiary/aromatic N) is 5. The van der Waals surface area contributed by atoms with Crippen molar-refractivity contribution in [1.29, 1.82) is 0 Å². The number of H-pyrrole nitrogens is 1. The van der Waals surface area contributed by atoms with Gasteiger partial charge in [0.1, 0.15) is 5.69 Å². The number of aliphatic hydroxyl groups is 1. The van der Waals surface area contributed by atoms with E-state index in [9.17, 15) is 9.59 Å². The molecule has 0 bridgehead atoms. The number of piperazine rings is 1. The van der Waals surface area contributed by atoms with Crippen LogP contribution in [-0.2, 0) is 12.0 Å². The van der Waals surface area contributed by atoms with Gasteiger partial charge >= 0.3 is 0 Å². The predicted molar refractivity (Wildman–Crippen MR) is 118 cm³/mol. The second kappa shape index (κ2) is 8.14. The van der Waals surface area contributed by atoms with Crippen LogP contribution < -0.4 is 10.5 Å². The van der Waals surface area contributed by atoms with E-state index in [4.69, 9.17) is 5.11 Å². The highest BCUT2D eigenvalue weighted by Gasteiger charge is 2.26.